The van der Waals surface area contributed by atoms with E-state index in [2.05, 4.69) is 92.1 Å². The van der Waals surface area contributed by atoms with Crippen molar-refractivity contribution in [3.8, 4) is 0 Å². The van der Waals surface area contributed by atoms with Crippen LogP contribution in [0.5, 0.6) is 0 Å². The van der Waals surface area contributed by atoms with Gasteiger partial charge in [-0.05, 0) is 69.9 Å². The molecule has 3 aromatic rings. The van der Waals surface area contributed by atoms with Crippen molar-refractivity contribution in [3.05, 3.63) is 107 Å². The van der Waals surface area contributed by atoms with Crippen LogP contribution >= 0.6 is 0 Å². The predicted molar refractivity (Wildman–Crippen MR) is 147 cm³/mol. The van der Waals surface area contributed by atoms with Crippen molar-refractivity contribution < 1.29 is 0 Å². The number of rotatable bonds is 4. The molecule has 0 saturated carbocycles. The minimum Gasteiger partial charge on any atom is -0.258 e. The Hall–Kier alpha value is -2.93. The van der Waals surface area contributed by atoms with E-state index in [4.69, 9.17) is 0 Å². The summed E-state index contributed by atoms with van der Waals surface area (Å²) in [5.74, 6) is 0. The minimum absolute atomic E-state index is 1.02. The molecule has 32 heavy (non-hydrogen) atoms. The zero-order chi connectivity index (χ0) is 24.5. The molecular formula is C31H43N. The van der Waals surface area contributed by atoms with Crippen LogP contribution < -0.4 is 0 Å². The Morgan fingerprint density at radius 3 is 1.69 bits per heavy atom. The first-order valence-corrected chi connectivity index (χ1v) is 11.7. The zero-order valence-electron chi connectivity index (χ0n) is 21.8. The molecule has 0 heterocycles. The molecule has 3 rings (SSSR count). The van der Waals surface area contributed by atoms with Crippen molar-refractivity contribution in [1.29, 1.82) is 0 Å². The van der Waals surface area contributed by atoms with Gasteiger partial charge in [0.15, 0.2) is 0 Å². The van der Waals surface area contributed by atoms with Crippen LogP contribution in [0.4, 0.5) is 5.69 Å². The normalized spacial score (nSPS) is 9.03. The van der Waals surface area contributed by atoms with Gasteiger partial charge in [-0.15, -0.1) is 0 Å². The molecule has 0 spiro atoms. The molecule has 0 aliphatic rings. The minimum atomic E-state index is 1.02. The highest BCUT2D eigenvalue weighted by atomic mass is 14.7. The van der Waals surface area contributed by atoms with Crippen LogP contribution in [0.15, 0.2) is 84.4 Å². The highest BCUT2D eigenvalue weighted by Crippen LogP contribution is 2.26. The van der Waals surface area contributed by atoms with Gasteiger partial charge in [0.1, 0.15) is 0 Å². The third kappa shape index (κ3) is 11.5. The maximum Gasteiger partial charge on any atom is 0.0703 e. The van der Waals surface area contributed by atoms with Crippen molar-refractivity contribution in [2.45, 2.75) is 68.7 Å². The number of hydrogen-bond acceptors (Lipinski definition) is 1. The number of aryl methyl sites for hydroxylation is 2. The first-order chi connectivity index (χ1) is 15.3. The van der Waals surface area contributed by atoms with Crippen molar-refractivity contribution in [2.24, 2.45) is 4.99 Å². The summed E-state index contributed by atoms with van der Waals surface area (Å²) in [7, 11) is 0. The lowest BCUT2D eigenvalue weighted by molar-refractivity contribution is 1.19. The fourth-order valence-corrected chi connectivity index (χ4v) is 2.87. The molecule has 0 N–H and O–H groups in total. The van der Waals surface area contributed by atoms with Crippen molar-refractivity contribution in [1.82, 2.24) is 0 Å². The van der Waals surface area contributed by atoms with Crippen LogP contribution in [0, 0.1) is 13.8 Å². The molecule has 0 aliphatic heterocycles. The third-order valence-electron chi connectivity index (χ3n) is 4.33. The average Bonchev–Trinajstić information content (AvgIpc) is 2.80. The lowest BCUT2D eigenvalue weighted by Crippen LogP contribution is -1.86. The van der Waals surface area contributed by atoms with Crippen LogP contribution in [-0.4, -0.2) is 5.71 Å². The van der Waals surface area contributed by atoms with Crippen LogP contribution in [-0.2, 0) is 6.42 Å². The number of hydrogen-bond donors (Lipinski definition) is 0. The van der Waals surface area contributed by atoms with Gasteiger partial charge in [0.25, 0.3) is 0 Å². The van der Waals surface area contributed by atoms with E-state index < -0.39 is 0 Å². The fourth-order valence-electron chi connectivity index (χ4n) is 2.87. The topological polar surface area (TPSA) is 12.4 Å². The van der Waals surface area contributed by atoms with Crippen LogP contribution in [0.1, 0.15) is 76.3 Å². The first-order valence-electron chi connectivity index (χ1n) is 11.7. The molecule has 0 saturated heterocycles. The summed E-state index contributed by atoms with van der Waals surface area (Å²) in [4.78, 5) is 4.48. The number of nitrogens with zero attached hydrogens (tertiary/aromatic N) is 1. The van der Waals surface area contributed by atoms with Crippen LogP contribution in [0.2, 0.25) is 0 Å². The summed E-state index contributed by atoms with van der Waals surface area (Å²) >= 11 is 0. The molecular weight excluding hydrogens is 386 g/mol. The SMILES string of the molecule is C=C(C)c1cc(C)ccc1N=C(C)C.CC.CC.Cc1ccc(Cc2ccccc2)cc1. The van der Waals surface area contributed by atoms with Crippen LogP contribution in [0.3, 0.4) is 0 Å². The molecule has 0 atom stereocenters. The molecule has 0 aromatic heterocycles. The van der Waals surface area contributed by atoms with E-state index in [0.717, 1.165) is 29.0 Å². The molecule has 1 nitrogen and oxygen atoms in total. The maximum absolute atomic E-state index is 4.48. The van der Waals surface area contributed by atoms with E-state index in [0.29, 0.717) is 0 Å². The second-order valence-electron chi connectivity index (χ2n) is 7.51. The highest BCUT2D eigenvalue weighted by Gasteiger charge is 2.01. The van der Waals surface area contributed by atoms with Crippen LogP contribution in [0.25, 0.3) is 5.57 Å². The van der Waals surface area contributed by atoms with E-state index >= 15 is 0 Å². The van der Waals surface area contributed by atoms with Crippen molar-refractivity contribution >= 4 is 17.0 Å². The first kappa shape index (κ1) is 29.1. The van der Waals surface area contributed by atoms with Crippen molar-refractivity contribution in [2.75, 3.05) is 0 Å². The van der Waals surface area contributed by atoms with Gasteiger partial charge in [-0.2, -0.15) is 0 Å². The van der Waals surface area contributed by atoms with Gasteiger partial charge in [-0.3, -0.25) is 4.99 Å². The van der Waals surface area contributed by atoms with E-state index in [1.807, 2.05) is 54.5 Å². The maximum atomic E-state index is 4.48. The molecule has 172 valence electrons. The predicted octanol–water partition coefficient (Wildman–Crippen LogP) is 9.78. The summed E-state index contributed by atoms with van der Waals surface area (Å²) in [5.41, 5.74) is 9.61. The van der Waals surface area contributed by atoms with Gasteiger partial charge < -0.3 is 0 Å². The molecule has 0 fully saturated rings. The van der Waals surface area contributed by atoms with Gasteiger partial charge in [0.2, 0.25) is 0 Å². The Labute approximate surface area is 198 Å². The van der Waals surface area contributed by atoms with Gasteiger partial charge >= 0.3 is 0 Å². The molecule has 0 aliphatic carbocycles. The Morgan fingerprint density at radius 2 is 1.19 bits per heavy atom. The standard InChI is InChI=1S/C14H14.C13H17N.2C2H6/c1-12-7-9-14(10-8-12)11-13-5-3-2-4-6-13;1-9(2)12-8-11(5)6-7-13(12)14-10(3)4;2*1-2/h2-10H,11H2,1H3;6-8H,1H2,2-5H3;2*1-2H3. The number of allylic oxidation sites excluding steroid dienone is 1. The molecule has 0 bridgehead atoms. The summed E-state index contributed by atoms with van der Waals surface area (Å²) in [5, 5.41) is 0. The second kappa shape index (κ2) is 16.7. The lowest BCUT2D eigenvalue weighted by atomic mass is 10.0. The average molecular weight is 430 g/mol. The molecule has 3 aromatic carbocycles. The highest BCUT2D eigenvalue weighted by molar-refractivity contribution is 5.84. The molecule has 1 heteroatoms. The Balaban J connectivity index is 0.000000520. The summed E-state index contributed by atoms with van der Waals surface area (Å²) in [6.07, 6.45) is 1.03. The summed E-state index contributed by atoms with van der Waals surface area (Å²) in [6.45, 7) is 22.2. The van der Waals surface area contributed by atoms with Gasteiger partial charge in [-0.25, -0.2) is 0 Å². The van der Waals surface area contributed by atoms with E-state index in [1.54, 1.807) is 0 Å². The largest absolute Gasteiger partial charge is 0.258 e. The lowest BCUT2D eigenvalue weighted by Gasteiger charge is -2.06. The summed E-state index contributed by atoms with van der Waals surface area (Å²) in [6, 6.07) is 25.5. The smallest absolute Gasteiger partial charge is 0.0703 e. The van der Waals surface area contributed by atoms with E-state index in [-0.39, 0.29) is 0 Å². The van der Waals surface area contributed by atoms with Gasteiger partial charge in [0, 0.05) is 11.3 Å². The monoisotopic (exact) mass is 429 g/mol. The number of benzene rings is 3. The van der Waals surface area contributed by atoms with E-state index in [1.165, 1.54) is 22.3 Å². The summed E-state index contributed by atoms with van der Waals surface area (Å²) < 4.78 is 0. The molecule has 0 unspecified atom stereocenters. The third-order valence-corrected chi connectivity index (χ3v) is 4.33. The Kier molecular flexibility index (Phi) is 15.2. The quantitative estimate of drug-likeness (QED) is 0.366. The number of aliphatic imine (C=N–C) groups is 1. The second-order valence-corrected chi connectivity index (χ2v) is 7.51. The van der Waals surface area contributed by atoms with Gasteiger partial charge in [-0.1, -0.05) is 106 Å². The molecule has 0 amide bonds. The zero-order valence-corrected chi connectivity index (χ0v) is 21.8. The van der Waals surface area contributed by atoms with Gasteiger partial charge in [0.05, 0.1) is 5.69 Å². The van der Waals surface area contributed by atoms with Crippen molar-refractivity contribution in [3.63, 3.8) is 0 Å². The molecule has 0 radical (unpaired) electrons. The van der Waals surface area contributed by atoms with E-state index in [9.17, 15) is 0 Å². The Morgan fingerprint density at radius 1 is 0.688 bits per heavy atom. The fraction of sp³-hybridized carbons (Fsp3) is 0.323. The Bertz CT molecular complexity index is 928.